The van der Waals surface area contributed by atoms with E-state index in [-0.39, 0.29) is 22.0 Å². The Morgan fingerprint density at radius 1 is 1.28 bits per heavy atom. The molecule has 148 valence electrons. The molecule has 2 aromatic rings. The van der Waals surface area contributed by atoms with Gasteiger partial charge < -0.3 is 10.4 Å². The summed E-state index contributed by atoms with van der Waals surface area (Å²) in [5, 5.41) is 22.3. The molecule has 0 aliphatic carbocycles. The number of aryl methyl sites for hydroxylation is 1. The molecule has 1 saturated heterocycles. The second-order valence-electron chi connectivity index (χ2n) is 6.13. The number of rotatable bonds is 5. The number of phenolic OH excluding ortho intramolecular Hbond substituents is 1. The summed E-state index contributed by atoms with van der Waals surface area (Å²) in [6.45, 7) is 1.28. The molecule has 0 unspecified atom stereocenters. The zero-order valence-corrected chi connectivity index (χ0v) is 15.9. The maximum absolute atomic E-state index is 12.5. The van der Waals surface area contributed by atoms with Crippen LogP contribution in [0, 0.1) is 17.0 Å². The van der Waals surface area contributed by atoms with Crippen LogP contribution in [0.4, 0.5) is 16.2 Å². The highest BCUT2D eigenvalue weighted by Gasteiger charge is 2.36. The van der Waals surface area contributed by atoms with Crippen molar-refractivity contribution in [2.24, 2.45) is 0 Å². The van der Waals surface area contributed by atoms with Gasteiger partial charge in [0.15, 0.2) is 0 Å². The Labute approximate surface area is 169 Å². The van der Waals surface area contributed by atoms with E-state index in [0.717, 1.165) is 46.0 Å². The van der Waals surface area contributed by atoms with Crippen LogP contribution < -0.4 is 5.32 Å². The van der Waals surface area contributed by atoms with Gasteiger partial charge in [-0.05, 0) is 42.0 Å². The summed E-state index contributed by atoms with van der Waals surface area (Å²) in [6, 6.07) is 10.5. The van der Waals surface area contributed by atoms with Crippen LogP contribution in [0.1, 0.15) is 11.1 Å². The van der Waals surface area contributed by atoms with Crippen LogP contribution in [0.2, 0.25) is 0 Å². The number of aromatic hydroxyl groups is 1. The van der Waals surface area contributed by atoms with Crippen molar-refractivity contribution in [2.45, 2.75) is 6.92 Å². The Hall–Kier alpha value is -3.66. The number of amides is 3. The number of carbonyl (C=O) groups is 3. The van der Waals surface area contributed by atoms with Crippen LogP contribution in [0.3, 0.4) is 0 Å². The van der Waals surface area contributed by atoms with Crippen molar-refractivity contribution in [3.8, 4) is 5.75 Å². The predicted octanol–water partition coefficient (Wildman–Crippen LogP) is 3.28. The van der Waals surface area contributed by atoms with Gasteiger partial charge in [-0.3, -0.25) is 29.4 Å². The van der Waals surface area contributed by atoms with Gasteiger partial charge in [-0.1, -0.05) is 24.3 Å². The van der Waals surface area contributed by atoms with E-state index in [4.69, 9.17) is 0 Å². The third kappa shape index (κ3) is 4.43. The zero-order valence-electron chi connectivity index (χ0n) is 15.1. The Morgan fingerprint density at radius 3 is 2.69 bits per heavy atom. The minimum atomic E-state index is -0.778. The second-order valence-corrected chi connectivity index (χ2v) is 7.12. The van der Waals surface area contributed by atoms with Crippen LogP contribution in [0.5, 0.6) is 5.75 Å². The normalized spacial score (nSPS) is 15.1. The van der Waals surface area contributed by atoms with Gasteiger partial charge in [-0.25, -0.2) is 0 Å². The maximum atomic E-state index is 12.5. The molecule has 29 heavy (non-hydrogen) atoms. The van der Waals surface area contributed by atoms with Crippen molar-refractivity contribution < 1.29 is 24.4 Å². The topological polar surface area (TPSA) is 130 Å². The summed E-state index contributed by atoms with van der Waals surface area (Å²) in [6.07, 6.45) is 1.59. The average Bonchev–Trinajstić information content (AvgIpc) is 2.92. The van der Waals surface area contributed by atoms with Crippen LogP contribution in [0.15, 0.2) is 47.4 Å². The fourth-order valence-corrected chi connectivity index (χ4v) is 3.43. The summed E-state index contributed by atoms with van der Waals surface area (Å²) in [5.41, 5.74) is 1.19. The first-order valence-electron chi connectivity index (χ1n) is 8.34. The standard InChI is InChI=1S/C19H15N3O6S/c1-11-4-2-3-5-12(11)8-16-18(25)21(19(26)29-16)10-17(24)20-14-9-13(22(27)28)6-7-15(14)23/h2-9,23H,10H2,1H3,(H,20,24)/b16-8-. The van der Waals surface area contributed by atoms with Gasteiger partial charge in [0.2, 0.25) is 5.91 Å². The minimum absolute atomic E-state index is 0.188. The molecular formula is C19H15N3O6S. The number of anilines is 1. The van der Waals surface area contributed by atoms with Gasteiger partial charge >= 0.3 is 0 Å². The molecule has 1 aliphatic heterocycles. The molecule has 1 aliphatic rings. The molecule has 0 bridgehead atoms. The summed E-state index contributed by atoms with van der Waals surface area (Å²) in [5.74, 6) is -1.76. The fourth-order valence-electron chi connectivity index (χ4n) is 2.60. The maximum Gasteiger partial charge on any atom is 0.294 e. The third-order valence-electron chi connectivity index (χ3n) is 4.12. The number of nitro benzene ring substituents is 1. The Bertz CT molecular complexity index is 1070. The van der Waals surface area contributed by atoms with Gasteiger partial charge in [0.25, 0.3) is 16.8 Å². The third-order valence-corrected chi connectivity index (χ3v) is 5.02. The molecule has 1 fully saturated rings. The molecule has 9 nitrogen and oxygen atoms in total. The smallest absolute Gasteiger partial charge is 0.294 e. The van der Waals surface area contributed by atoms with E-state index in [9.17, 15) is 29.6 Å². The first-order chi connectivity index (χ1) is 13.8. The molecule has 10 heteroatoms. The fraction of sp³-hybridized carbons (Fsp3) is 0.105. The Morgan fingerprint density at radius 2 is 2.00 bits per heavy atom. The highest BCUT2D eigenvalue weighted by Crippen LogP contribution is 2.33. The molecule has 2 N–H and O–H groups in total. The minimum Gasteiger partial charge on any atom is -0.506 e. The molecule has 0 atom stereocenters. The van der Waals surface area contributed by atoms with E-state index in [1.54, 1.807) is 12.1 Å². The number of imide groups is 1. The van der Waals surface area contributed by atoms with Crippen LogP contribution in [0.25, 0.3) is 6.08 Å². The van der Waals surface area contributed by atoms with Gasteiger partial charge in [0, 0.05) is 12.1 Å². The van der Waals surface area contributed by atoms with Gasteiger partial charge in [0.1, 0.15) is 12.3 Å². The van der Waals surface area contributed by atoms with E-state index in [2.05, 4.69) is 5.32 Å². The number of phenols is 1. The lowest BCUT2D eigenvalue weighted by Gasteiger charge is -2.13. The lowest BCUT2D eigenvalue weighted by Crippen LogP contribution is -2.36. The summed E-state index contributed by atoms with van der Waals surface area (Å²) >= 11 is 0.723. The molecule has 3 rings (SSSR count). The Kier molecular flexibility index (Phi) is 5.64. The first kappa shape index (κ1) is 20.1. The number of non-ortho nitro benzene ring substituents is 1. The number of carbonyl (C=O) groups excluding carboxylic acids is 3. The number of nitro groups is 1. The van der Waals surface area contributed by atoms with Gasteiger partial charge in [-0.15, -0.1) is 0 Å². The number of hydrogen-bond donors (Lipinski definition) is 2. The highest BCUT2D eigenvalue weighted by molar-refractivity contribution is 8.18. The Balaban J connectivity index is 1.74. The predicted molar refractivity (Wildman–Crippen MR) is 107 cm³/mol. The molecule has 0 saturated carbocycles. The lowest BCUT2D eigenvalue weighted by atomic mass is 10.1. The molecule has 2 aromatic carbocycles. The van der Waals surface area contributed by atoms with Crippen molar-refractivity contribution in [1.29, 1.82) is 0 Å². The summed E-state index contributed by atoms with van der Waals surface area (Å²) in [7, 11) is 0. The number of hydrogen-bond acceptors (Lipinski definition) is 7. The monoisotopic (exact) mass is 413 g/mol. The van der Waals surface area contributed by atoms with E-state index < -0.39 is 28.5 Å². The lowest BCUT2D eigenvalue weighted by molar-refractivity contribution is -0.384. The van der Waals surface area contributed by atoms with Crippen molar-refractivity contribution in [3.63, 3.8) is 0 Å². The van der Waals surface area contributed by atoms with E-state index >= 15 is 0 Å². The molecule has 0 radical (unpaired) electrons. The van der Waals surface area contributed by atoms with Crippen LogP contribution >= 0.6 is 11.8 Å². The molecule has 0 aromatic heterocycles. The number of nitrogens with zero attached hydrogens (tertiary/aromatic N) is 2. The largest absolute Gasteiger partial charge is 0.506 e. The SMILES string of the molecule is Cc1ccccc1/C=C1\SC(=O)N(CC(=O)Nc2cc([N+](=O)[O-])ccc2O)C1=O. The second kappa shape index (κ2) is 8.15. The first-order valence-corrected chi connectivity index (χ1v) is 9.16. The van der Waals surface area contributed by atoms with Crippen LogP contribution in [-0.2, 0) is 9.59 Å². The van der Waals surface area contributed by atoms with Crippen LogP contribution in [-0.4, -0.2) is 38.5 Å². The summed E-state index contributed by atoms with van der Waals surface area (Å²) < 4.78 is 0. The molecule has 1 heterocycles. The van der Waals surface area contributed by atoms with Crippen molar-refractivity contribution in [1.82, 2.24) is 4.90 Å². The zero-order chi connectivity index (χ0) is 21.1. The molecular weight excluding hydrogens is 398 g/mol. The van der Waals surface area contributed by atoms with Gasteiger partial charge in [0.05, 0.1) is 15.5 Å². The highest BCUT2D eigenvalue weighted by atomic mass is 32.2. The van der Waals surface area contributed by atoms with E-state index in [1.165, 1.54) is 0 Å². The number of thioether (sulfide) groups is 1. The van der Waals surface area contributed by atoms with E-state index in [1.807, 2.05) is 25.1 Å². The van der Waals surface area contributed by atoms with Crippen molar-refractivity contribution in [3.05, 3.63) is 68.6 Å². The molecule has 3 amide bonds. The van der Waals surface area contributed by atoms with E-state index in [0.29, 0.717) is 0 Å². The van der Waals surface area contributed by atoms with Crippen molar-refractivity contribution in [2.75, 3.05) is 11.9 Å². The average molecular weight is 413 g/mol. The quantitative estimate of drug-likeness (QED) is 0.333. The van der Waals surface area contributed by atoms with Crippen molar-refractivity contribution >= 4 is 46.3 Å². The number of benzene rings is 2. The molecule has 0 spiro atoms. The van der Waals surface area contributed by atoms with Gasteiger partial charge in [-0.2, -0.15) is 0 Å². The number of nitrogens with one attached hydrogen (secondary N) is 1. The summed E-state index contributed by atoms with van der Waals surface area (Å²) in [4.78, 5) is 48.1.